The fourth-order valence-electron chi connectivity index (χ4n) is 3.75. The molecular formula is C15H23N3OS. The highest BCUT2D eigenvalue weighted by molar-refractivity contribution is 7.11. The number of aryl methyl sites for hydroxylation is 1. The zero-order valence-electron chi connectivity index (χ0n) is 12.3. The van der Waals surface area contributed by atoms with Gasteiger partial charge in [-0.05, 0) is 39.2 Å². The minimum atomic E-state index is 0.244. The lowest BCUT2D eigenvalue weighted by Gasteiger charge is -2.34. The molecule has 2 atom stereocenters. The van der Waals surface area contributed by atoms with Gasteiger partial charge in [0.25, 0.3) is 0 Å². The molecule has 0 aromatic carbocycles. The van der Waals surface area contributed by atoms with Gasteiger partial charge in [-0.2, -0.15) is 0 Å². The Morgan fingerprint density at radius 2 is 2.10 bits per heavy atom. The molecule has 3 heterocycles. The third-order valence-electron chi connectivity index (χ3n) is 4.59. The van der Waals surface area contributed by atoms with Crippen molar-refractivity contribution in [3.63, 3.8) is 0 Å². The fraction of sp³-hybridized carbons (Fsp3) is 0.733. The predicted molar refractivity (Wildman–Crippen MR) is 80.7 cm³/mol. The maximum atomic E-state index is 11.8. The molecule has 2 aliphatic heterocycles. The molecule has 0 saturated carbocycles. The first-order valence-corrected chi connectivity index (χ1v) is 8.39. The molecule has 3 rings (SSSR count). The van der Waals surface area contributed by atoms with Crippen molar-refractivity contribution < 1.29 is 4.79 Å². The van der Waals surface area contributed by atoms with Gasteiger partial charge >= 0.3 is 0 Å². The van der Waals surface area contributed by atoms with Crippen molar-refractivity contribution in [2.24, 2.45) is 0 Å². The second kappa shape index (κ2) is 5.82. The molecule has 0 unspecified atom stereocenters. The van der Waals surface area contributed by atoms with Crippen LogP contribution in [0.4, 0.5) is 0 Å². The Bertz CT molecular complexity index is 487. The summed E-state index contributed by atoms with van der Waals surface area (Å²) in [6.45, 7) is 6.88. The third-order valence-corrected chi connectivity index (χ3v) is 5.49. The van der Waals surface area contributed by atoms with Gasteiger partial charge in [0, 0.05) is 43.2 Å². The van der Waals surface area contributed by atoms with Crippen LogP contribution < -0.4 is 0 Å². The van der Waals surface area contributed by atoms with Gasteiger partial charge in [0.15, 0.2) is 0 Å². The van der Waals surface area contributed by atoms with Crippen LogP contribution in [0, 0.1) is 6.92 Å². The smallest absolute Gasteiger partial charge is 0.219 e. The maximum Gasteiger partial charge on any atom is 0.219 e. The largest absolute Gasteiger partial charge is 0.338 e. The molecule has 1 aromatic heterocycles. The fourth-order valence-corrected chi connectivity index (χ4v) is 4.57. The van der Waals surface area contributed by atoms with E-state index in [-0.39, 0.29) is 5.91 Å². The van der Waals surface area contributed by atoms with Crippen LogP contribution in [0.3, 0.4) is 0 Å². The van der Waals surface area contributed by atoms with Crippen LogP contribution in [0.15, 0.2) is 6.20 Å². The first kappa shape index (κ1) is 14.0. The summed E-state index contributed by atoms with van der Waals surface area (Å²) in [5.41, 5.74) is 0. The van der Waals surface area contributed by atoms with E-state index in [0.29, 0.717) is 12.1 Å². The zero-order valence-corrected chi connectivity index (χ0v) is 13.2. The van der Waals surface area contributed by atoms with Crippen LogP contribution in [-0.2, 0) is 11.3 Å². The standard InChI is InChI=1S/C15H23N3OS/c1-11-16-9-13(20-11)10-17-7-3-5-14(17)15-6-4-8-18(15)12(2)19/h9,14-15H,3-8,10H2,1-2H3/t14-,15-/m0/s1. The van der Waals surface area contributed by atoms with Crippen LogP contribution in [0.2, 0.25) is 0 Å². The minimum absolute atomic E-state index is 0.244. The lowest BCUT2D eigenvalue weighted by molar-refractivity contribution is -0.130. The molecule has 2 aliphatic rings. The van der Waals surface area contributed by atoms with E-state index in [0.717, 1.165) is 31.1 Å². The van der Waals surface area contributed by atoms with Crippen molar-refractivity contribution in [2.45, 2.75) is 58.2 Å². The van der Waals surface area contributed by atoms with Gasteiger partial charge < -0.3 is 4.90 Å². The van der Waals surface area contributed by atoms with E-state index in [1.165, 1.54) is 24.1 Å². The highest BCUT2D eigenvalue weighted by atomic mass is 32.1. The molecule has 110 valence electrons. The van der Waals surface area contributed by atoms with E-state index in [1.54, 1.807) is 18.3 Å². The number of amides is 1. The number of rotatable bonds is 3. The first-order chi connectivity index (χ1) is 9.65. The number of thiazole rings is 1. The van der Waals surface area contributed by atoms with Gasteiger partial charge in [-0.1, -0.05) is 0 Å². The molecule has 4 nitrogen and oxygen atoms in total. The van der Waals surface area contributed by atoms with Gasteiger partial charge in [-0.15, -0.1) is 11.3 Å². The summed E-state index contributed by atoms with van der Waals surface area (Å²) in [6, 6.07) is 0.979. The third kappa shape index (κ3) is 2.74. The Balaban J connectivity index is 1.70. The van der Waals surface area contributed by atoms with E-state index in [2.05, 4.69) is 21.7 Å². The van der Waals surface area contributed by atoms with Crippen LogP contribution in [0.5, 0.6) is 0 Å². The van der Waals surface area contributed by atoms with Crippen molar-refractivity contribution in [3.05, 3.63) is 16.1 Å². The van der Waals surface area contributed by atoms with Gasteiger partial charge in [0.05, 0.1) is 5.01 Å². The summed E-state index contributed by atoms with van der Waals surface area (Å²) >= 11 is 1.79. The van der Waals surface area contributed by atoms with Crippen molar-refractivity contribution in [3.8, 4) is 0 Å². The number of aromatic nitrogens is 1. The van der Waals surface area contributed by atoms with E-state index >= 15 is 0 Å². The van der Waals surface area contributed by atoms with Gasteiger partial charge in [-0.25, -0.2) is 4.98 Å². The Morgan fingerprint density at radius 1 is 1.35 bits per heavy atom. The number of hydrogen-bond acceptors (Lipinski definition) is 4. The molecule has 1 aromatic rings. The summed E-state index contributed by atoms with van der Waals surface area (Å²) in [6.07, 6.45) is 6.82. The zero-order chi connectivity index (χ0) is 14.1. The molecule has 2 fully saturated rings. The highest BCUT2D eigenvalue weighted by Gasteiger charge is 2.38. The summed E-state index contributed by atoms with van der Waals surface area (Å²) in [5, 5.41) is 1.14. The van der Waals surface area contributed by atoms with Crippen LogP contribution in [0.25, 0.3) is 0 Å². The van der Waals surface area contributed by atoms with E-state index in [1.807, 2.05) is 6.20 Å². The molecule has 0 radical (unpaired) electrons. The van der Waals surface area contributed by atoms with Crippen molar-refractivity contribution >= 4 is 17.2 Å². The molecule has 0 bridgehead atoms. The Kier molecular flexibility index (Phi) is 4.08. The van der Waals surface area contributed by atoms with E-state index in [4.69, 9.17) is 0 Å². The van der Waals surface area contributed by atoms with E-state index < -0.39 is 0 Å². The SMILES string of the molecule is CC(=O)N1CCC[C@H]1[C@@H]1CCCN1Cc1cnc(C)s1. The molecule has 0 aliphatic carbocycles. The van der Waals surface area contributed by atoms with Crippen molar-refractivity contribution in [1.29, 1.82) is 0 Å². The number of carbonyl (C=O) groups excluding carboxylic acids is 1. The van der Waals surface area contributed by atoms with Crippen LogP contribution in [-0.4, -0.2) is 45.9 Å². The van der Waals surface area contributed by atoms with E-state index in [9.17, 15) is 4.79 Å². The number of carbonyl (C=O) groups is 1. The second-order valence-electron chi connectivity index (χ2n) is 5.95. The number of hydrogen-bond donors (Lipinski definition) is 0. The molecule has 0 N–H and O–H groups in total. The van der Waals surface area contributed by atoms with Gasteiger partial charge in [0.1, 0.15) is 0 Å². The van der Waals surface area contributed by atoms with Gasteiger partial charge in [-0.3, -0.25) is 9.69 Å². The Morgan fingerprint density at radius 3 is 2.80 bits per heavy atom. The number of likely N-dealkylation sites (tertiary alicyclic amines) is 2. The monoisotopic (exact) mass is 293 g/mol. The topological polar surface area (TPSA) is 36.4 Å². The normalized spacial score (nSPS) is 27.4. The highest BCUT2D eigenvalue weighted by Crippen LogP contribution is 2.31. The van der Waals surface area contributed by atoms with Crippen molar-refractivity contribution in [1.82, 2.24) is 14.8 Å². The Labute approximate surface area is 124 Å². The average molecular weight is 293 g/mol. The molecule has 5 heteroatoms. The molecular weight excluding hydrogens is 270 g/mol. The van der Waals surface area contributed by atoms with Crippen molar-refractivity contribution in [2.75, 3.05) is 13.1 Å². The van der Waals surface area contributed by atoms with Crippen LogP contribution in [0.1, 0.15) is 42.5 Å². The van der Waals surface area contributed by atoms with Gasteiger partial charge in [0.2, 0.25) is 5.91 Å². The minimum Gasteiger partial charge on any atom is -0.338 e. The average Bonchev–Trinajstić information content (AvgIpc) is 3.09. The summed E-state index contributed by atoms with van der Waals surface area (Å²) in [4.78, 5) is 22.1. The first-order valence-electron chi connectivity index (χ1n) is 7.57. The molecule has 1 amide bonds. The maximum absolute atomic E-state index is 11.8. The molecule has 0 spiro atoms. The quantitative estimate of drug-likeness (QED) is 0.859. The summed E-state index contributed by atoms with van der Waals surface area (Å²) < 4.78 is 0. The predicted octanol–water partition coefficient (Wildman–Crippen LogP) is 2.43. The lowest BCUT2D eigenvalue weighted by atomic mass is 10.0. The molecule has 20 heavy (non-hydrogen) atoms. The molecule has 2 saturated heterocycles. The summed E-state index contributed by atoms with van der Waals surface area (Å²) in [7, 11) is 0. The lowest BCUT2D eigenvalue weighted by Crippen LogP contribution is -2.47. The van der Waals surface area contributed by atoms with Crippen LogP contribution >= 0.6 is 11.3 Å². The summed E-state index contributed by atoms with van der Waals surface area (Å²) in [5.74, 6) is 0.244. The Hall–Kier alpha value is -0.940. The second-order valence-corrected chi connectivity index (χ2v) is 7.27. The number of nitrogens with zero attached hydrogens (tertiary/aromatic N) is 3.